The molecule has 0 spiro atoms. The molecule has 0 saturated heterocycles. The van der Waals surface area contributed by atoms with Gasteiger partial charge in [0.1, 0.15) is 0 Å². The maximum absolute atomic E-state index is 5.80. The molecule has 1 fully saturated rings. The summed E-state index contributed by atoms with van der Waals surface area (Å²) in [7, 11) is 0. The van der Waals surface area contributed by atoms with E-state index in [0.717, 1.165) is 12.8 Å². The molecule has 0 aromatic heterocycles. The number of nitrogens with two attached hydrogens (primary N) is 3. The Labute approximate surface area is 61.9 Å². The van der Waals surface area contributed by atoms with Crippen molar-refractivity contribution in [2.24, 2.45) is 23.1 Å². The van der Waals surface area contributed by atoms with Crippen molar-refractivity contribution in [3.8, 4) is 0 Å². The van der Waals surface area contributed by atoms with E-state index < -0.39 is 0 Å². The summed E-state index contributed by atoms with van der Waals surface area (Å²) in [4.78, 5) is 0. The zero-order chi connectivity index (χ0) is 7.72. The van der Waals surface area contributed by atoms with Crippen molar-refractivity contribution in [3.63, 3.8) is 0 Å². The molecule has 0 amide bonds. The van der Waals surface area contributed by atoms with Crippen LogP contribution in [-0.2, 0) is 0 Å². The molecule has 0 aromatic rings. The molecule has 0 radical (unpaired) electrons. The van der Waals surface area contributed by atoms with Crippen molar-refractivity contribution >= 4 is 0 Å². The van der Waals surface area contributed by atoms with Gasteiger partial charge in [-0.3, -0.25) is 0 Å². The molecule has 2 atom stereocenters. The summed E-state index contributed by atoms with van der Waals surface area (Å²) in [5.41, 5.74) is 17.3. The topological polar surface area (TPSA) is 78.1 Å². The quantitative estimate of drug-likeness (QED) is 0.423. The summed E-state index contributed by atoms with van der Waals surface area (Å²) in [6, 6.07) is 0.638. The first-order valence-corrected chi connectivity index (χ1v) is 3.88. The van der Waals surface area contributed by atoms with Crippen LogP contribution in [0, 0.1) is 5.92 Å². The molecule has 1 aliphatic carbocycles. The van der Waals surface area contributed by atoms with Gasteiger partial charge in [0.2, 0.25) is 0 Å². The average Bonchev–Trinajstić information content (AvgIpc) is 1.82. The molecule has 6 N–H and O–H groups in total. The van der Waals surface area contributed by atoms with Crippen molar-refractivity contribution < 1.29 is 0 Å². The molecule has 1 saturated carbocycles. The summed E-state index contributed by atoms with van der Waals surface area (Å²) in [5.74, 6) is 0.430. The van der Waals surface area contributed by atoms with Crippen molar-refractivity contribution in [2.75, 3.05) is 0 Å². The Hall–Kier alpha value is -0.120. The highest BCUT2D eigenvalue weighted by Gasteiger charge is 2.28. The SMILES string of the molecule is CC1[C@@H](N)CC(N)C[C@@H]1N. The lowest BCUT2D eigenvalue weighted by Crippen LogP contribution is -2.51. The summed E-state index contributed by atoms with van der Waals surface area (Å²) < 4.78 is 0. The first-order valence-electron chi connectivity index (χ1n) is 3.88. The fourth-order valence-electron chi connectivity index (χ4n) is 1.54. The molecular weight excluding hydrogens is 126 g/mol. The van der Waals surface area contributed by atoms with Gasteiger partial charge in [-0.15, -0.1) is 0 Å². The standard InChI is InChI=1S/C7H17N3/c1-4-6(9)2-5(8)3-7(4)10/h4-7H,2-3,8-10H2,1H3/t4?,5?,6-,7-/m0/s1. The fraction of sp³-hybridized carbons (Fsp3) is 1.00. The van der Waals surface area contributed by atoms with E-state index in [1.54, 1.807) is 0 Å². The molecular formula is C7H17N3. The highest BCUT2D eigenvalue weighted by atomic mass is 14.8. The number of hydrogen-bond acceptors (Lipinski definition) is 3. The second kappa shape index (κ2) is 2.86. The molecule has 0 aliphatic heterocycles. The van der Waals surface area contributed by atoms with Crippen molar-refractivity contribution in [3.05, 3.63) is 0 Å². The Kier molecular flexibility index (Phi) is 2.28. The van der Waals surface area contributed by atoms with Crippen LogP contribution in [-0.4, -0.2) is 18.1 Å². The van der Waals surface area contributed by atoms with E-state index in [0.29, 0.717) is 5.92 Å². The predicted octanol–water partition coefficient (Wildman–Crippen LogP) is -0.602. The van der Waals surface area contributed by atoms with Gasteiger partial charge in [-0.1, -0.05) is 6.92 Å². The van der Waals surface area contributed by atoms with Gasteiger partial charge in [-0.05, 0) is 18.8 Å². The smallest absolute Gasteiger partial charge is 0.00940 e. The fourth-order valence-corrected chi connectivity index (χ4v) is 1.54. The largest absolute Gasteiger partial charge is 0.328 e. The molecule has 0 unspecified atom stereocenters. The van der Waals surface area contributed by atoms with Crippen LogP contribution in [0.15, 0.2) is 0 Å². The normalized spacial score (nSPS) is 49.2. The second-order valence-electron chi connectivity index (χ2n) is 3.42. The molecule has 0 aromatic carbocycles. The van der Waals surface area contributed by atoms with Gasteiger partial charge in [0.15, 0.2) is 0 Å². The lowest BCUT2D eigenvalue weighted by atomic mass is 9.80. The third-order valence-corrected chi connectivity index (χ3v) is 2.50. The summed E-state index contributed by atoms with van der Waals surface area (Å²) in [6.45, 7) is 2.10. The third kappa shape index (κ3) is 1.48. The monoisotopic (exact) mass is 143 g/mol. The third-order valence-electron chi connectivity index (χ3n) is 2.50. The molecule has 3 heteroatoms. The van der Waals surface area contributed by atoms with Crippen LogP contribution < -0.4 is 17.2 Å². The maximum Gasteiger partial charge on any atom is 0.00940 e. The highest BCUT2D eigenvalue weighted by Crippen LogP contribution is 2.20. The predicted molar refractivity (Wildman–Crippen MR) is 42.3 cm³/mol. The van der Waals surface area contributed by atoms with E-state index in [9.17, 15) is 0 Å². The minimum atomic E-state index is 0.207. The molecule has 60 valence electrons. The highest BCUT2D eigenvalue weighted by molar-refractivity contribution is 4.89. The molecule has 3 nitrogen and oxygen atoms in total. The van der Waals surface area contributed by atoms with Gasteiger partial charge in [0.25, 0.3) is 0 Å². The summed E-state index contributed by atoms with van der Waals surface area (Å²) in [6.07, 6.45) is 1.85. The van der Waals surface area contributed by atoms with Gasteiger partial charge in [0, 0.05) is 18.1 Å². The van der Waals surface area contributed by atoms with Gasteiger partial charge in [-0.25, -0.2) is 0 Å². The van der Waals surface area contributed by atoms with E-state index >= 15 is 0 Å². The van der Waals surface area contributed by atoms with E-state index in [4.69, 9.17) is 17.2 Å². The van der Waals surface area contributed by atoms with E-state index in [2.05, 4.69) is 6.92 Å². The lowest BCUT2D eigenvalue weighted by Gasteiger charge is -2.34. The van der Waals surface area contributed by atoms with Crippen LogP contribution in [0.2, 0.25) is 0 Å². The van der Waals surface area contributed by atoms with Crippen LogP contribution in [0.5, 0.6) is 0 Å². The van der Waals surface area contributed by atoms with Gasteiger partial charge in [0.05, 0.1) is 0 Å². The Bertz CT molecular complexity index is 103. The van der Waals surface area contributed by atoms with Crippen LogP contribution in [0.4, 0.5) is 0 Å². The Balaban J connectivity index is 2.49. The summed E-state index contributed by atoms with van der Waals surface area (Å²) in [5, 5.41) is 0. The maximum atomic E-state index is 5.80. The minimum absolute atomic E-state index is 0.207. The van der Waals surface area contributed by atoms with E-state index in [1.165, 1.54) is 0 Å². The van der Waals surface area contributed by atoms with Gasteiger partial charge in [-0.2, -0.15) is 0 Å². The van der Waals surface area contributed by atoms with Crippen LogP contribution in [0.3, 0.4) is 0 Å². The first-order chi connectivity index (χ1) is 4.61. The van der Waals surface area contributed by atoms with Gasteiger partial charge < -0.3 is 17.2 Å². The Morgan fingerprint density at radius 3 is 1.80 bits per heavy atom. The first kappa shape index (κ1) is 7.98. The number of hydrogen-bond donors (Lipinski definition) is 3. The lowest BCUT2D eigenvalue weighted by molar-refractivity contribution is 0.261. The minimum Gasteiger partial charge on any atom is -0.328 e. The van der Waals surface area contributed by atoms with Crippen LogP contribution >= 0.6 is 0 Å². The second-order valence-corrected chi connectivity index (χ2v) is 3.42. The average molecular weight is 143 g/mol. The van der Waals surface area contributed by atoms with Crippen molar-refractivity contribution in [2.45, 2.75) is 37.9 Å². The van der Waals surface area contributed by atoms with Crippen molar-refractivity contribution in [1.29, 1.82) is 0 Å². The van der Waals surface area contributed by atoms with E-state index in [-0.39, 0.29) is 18.1 Å². The molecule has 0 bridgehead atoms. The molecule has 10 heavy (non-hydrogen) atoms. The zero-order valence-electron chi connectivity index (χ0n) is 6.46. The van der Waals surface area contributed by atoms with Crippen LogP contribution in [0.25, 0.3) is 0 Å². The van der Waals surface area contributed by atoms with E-state index in [1.807, 2.05) is 0 Å². The molecule has 1 rings (SSSR count). The zero-order valence-corrected chi connectivity index (χ0v) is 6.46. The van der Waals surface area contributed by atoms with Crippen LogP contribution in [0.1, 0.15) is 19.8 Å². The Morgan fingerprint density at radius 2 is 1.40 bits per heavy atom. The summed E-state index contributed by atoms with van der Waals surface area (Å²) >= 11 is 0. The van der Waals surface area contributed by atoms with Gasteiger partial charge >= 0.3 is 0 Å². The molecule has 0 heterocycles. The Morgan fingerprint density at radius 1 is 1.00 bits per heavy atom. The number of rotatable bonds is 0. The van der Waals surface area contributed by atoms with Crippen molar-refractivity contribution in [1.82, 2.24) is 0 Å². The molecule has 1 aliphatic rings.